The van der Waals surface area contributed by atoms with Crippen LogP contribution in [-0.2, 0) is 0 Å². The van der Waals surface area contributed by atoms with Crippen LogP contribution >= 0.6 is 0 Å². The molecule has 1 aromatic carbocycles. The Bertz CT molecular complexity index is 407. The van der Waals surface area contributed by atoms with Crippen molar-refractivity contribution in [1.82, 2.24) is 0 Å². The molecule has 0 saturated carbocycles. The lowest BCUT2D eigenvalue weighted by atomic mass is 10.1. The molecule has 0 bridgehead atoms. The summed E-state index contributed by atoms with van der Waals surface area (Å²) in [5, 5.41) is 10.7. The van der Waals surface area contributed by atoms with Crippen LogP contribution in [0, 0.1) is 10.1 Å². The topological polar surface area (TPSA) is 52.4 Å². The Labute approximate surface area is 101 Å². The highest BCUT2D eigenvalue weighted by Gasteiger charge is 2.07. The van der Waals surface area contributed by atoms with Crippen molar-refractivity contribution in [2.24, 2.45) is 0 Å². The Hall–Kier alpha value is -1.84. The zero-order valence-corrected chi connectivity index (χ0v) is 10.3. The molecule has 0 atom stereocenters. The van der Waals surface area contributed by atoms with Crippen molar-refractivity contribution in [2.75, 3.05) is 0 Å². The Morgan fingerprint density at radius 2 is 2.00 bits per heavy atom. The van der Waals surface area contributed by atoms with E-state index in [1.807, 2.05) is 38.1 Å². The fourth-order valence-electron chi connectivity index (χ4n) is 1.39. The highest BCUT2D eigenvalue weighted by atomic mass is 16.6. The van der Waals surface area contributed by atoms with Crippen LogP contribution < -0.4 is 4.74 Å². The van der Waals surface area contributed by atoms with Gasteiger partial charge in [0.25, 0.3) is 0 Å². The predicted octanol–water partition coefficient (Wildman–Crippen LogP) is 3.50. The van der Waals surface area contributed by atoms with Crippen LogP contribution in [0.15, 0.2) is 30.0 Å². The van der Waals surface area contributed by atoms with Gasteiger partial charge in [-0.15, -0.1) is 0 Å². The standard InChI is InChI=1S/C13H17NO3/c1-4-12(14(15)16)9-11-5-7-13(8-6-11)17-10(2)3/h5-10H,4H2,1-3H3/b12-9+. The Morgan fingerprint density at radius 3 is 2.41 bits per heavy atom. The average Bonchev–Trinajstić information content (AvgIpc) is 2.26. The molecule has 0 aliphatic rings. The van der Waals surface area contributed by atoms with Gasteiger partial charge in [0.2, 0.25) is 5.70 Å². The van der Waals surface area contributed by atoms with Crippen LogP contribution in [0.25, 0.3) is 6.08 Å². The summed E-state index contributed by atoms with van der Waals surface area (Å²) in [6, 6.07) is 7.27. The quantitative estimate of drug-likeness (QED) is 0.579. The zero-order chi connectivity index (χ0) is 12.8. The lowest BCUT2D eigenvalue weighted by Gasteiger charge is -2.09. The summed E-state index contributed by atoms with van der Waals surface area (Å²) in [5.41, 5.74) is 1.03. The van der Waals surface area contributed by atoms with Gasteiger partial charge in [0.15, 0.2) is 0 Å². The number of allylic oxidation sites excluding steroid dienone is 1. The van der Waals surface area contributed by atoms with E-state index < -0.39 is 0 Å². The number of nitro groups is 1. The molecule has 0 saturated heterocycles. The Kier molecular flexibility index (Phi) is 4.69. The summed E-state index contributed by atoms with van der Waals surface area (Å²) in [4.78, 5) is 10.3. The third-order valence-electron chi connectivity index (χ3n) is 2.18. The van der Waals surface area contributed by atoms with Crippen molar-refractivity contribution in [3.05, 3.63) is 45.6 Å². The van der Waals surface area contributed by atoms with Gasteiger partial charge in [0.1, 0.15) is 5.75 Å². The molecule has 17 heavy (non-hydrogen) atoms. The van der Waals surface area contributed by atoms with Gasteiger partial charge in [-0.3, -0.25) is 10.1 Å². The van der Waals surface area contributed by atoms with Gasteiger partial charge in [-0.1, -0.05) is 19.1 Å². The molecule has 4 nitrogen and oxygen atoms in total. The van der Waals surface area contributed by atoms with Crippen molar-refractivity contribution < 1.29 is 9.66 Å². The van der Waals surface area contributed by atoms with E-state index in [0.717, 1.165) is 11.3 Å². The number of hydrogen-bond donors (Lipinski definition) is 0. The van der Waals surface area contributed by atoms with E-state index in [-0.39, 0.29) is 16.7 Å². The van der Waals surface area contributed by atoms with E-state index in [1.54, 1.807) is 13.0 Å². The summed E-state index contributed by atoms with van der Waals surface area (Å²) < 4.78 is 5.49. The number of nitrogens with zero attached hydrogens (tertiary/aromatic N) is 1. The maximum Gasteiger partial charge on any atom is 0.246 e. The second-order valence-electron chi connectivity index (χ2n) is 3.98. The first-order valence-electron chi connectivity index (χ1n) is 5.64. The first-order chi connectivity index (χ1) is 8.02. The van der Waals surface area contributed by atoms with Crippen LogP contribution in [0.2, 0.25) is 0 Å². The third-order valence-corrected chi connectivity index (χ3v) is 2.18. The number of hydrogen-bond acceptors (Lipinski definition) is 3. The second-order valence-corrected chi connectivity index (χ2v) is 3.98. The molecule has 1 aromatic rings. The van der Waals surface area contributed by atoms with E-state index in [0.29, 0.717) is 6.42 Å². The van der Waals surface area contributed by atoms with Gasteiger partial charge in [-0.05, 0) is 31.5 Å². The molecule has 0 N–H and O–H groups in total. The molecule has 92 valence electrons. The largest absolute Gasteiger partial charge is 0.491 e. The molecule has 0 aliphatic carbocycles. The van der Waals surface area contributed by atoms with Crippen LogP contribution in [-0.4, -0.2) is 11.0 Å². The summed E-state index contributed by atoms with van der Waals surface area (Å²) in [7, 11) is 0. The lowest BCUT2D eigenvalue weighted by Crippen LogP contribution is -2.05. The molecule has 0 radical (unpaired) electrons. The highest BCUT2D eigenvalue weighted by molar-refractivity contribution is 5.52. The third kappa shape index (κ3) is 4.26. The minimum atomic E-state index is -0.349. The Balaban J connectivity index is 2.84. The summed E-state index contributed by atoms with van der Waals surface area (Å²) in [5.74, 6) is 0.774. The molecule has 0 unspecified atom stereocenters. The predicted molar refractivity (Wildman–Crippen MR) is 67.5 cm³/mol. The minimum absolute atomic E-state index is 0.126. The highest BCUT2D eigenvalue weighted by Crippen LogP contribution is 2.16. The van der Waals surface area contributed by atoms with E-state index in [4.69, 9.17) is 4.74 Å². The molecule has 1 rings (SSSR count). The zero-order valence-electron chi connectivity index (χ0n) is 10.3. The number of benzene rings is 1. The molecule has 0 aromatic heterocycles. The normalized spacial score (nSPS) is 11.6. The van der Waals surface area contributed by atoms with E-state index >= 15 is 0 Å². The molecular formula is C13H17NO3. The van der Waals surface area contributed by atoms with Crippen molar-refractivity contribution in [2.45, 2.75) is 33.3 Å². The second kappa shape index (κ2) is 6.03. The van der Waals surface area contributed by atoms with Crippen molar-refractivity contribution in [3.8, 4) is 5.75 Å². The van der Waals surface area contributed by atoms with Crippen molar-refractivity contribution in [3.63, 3.8) is 0 Å². The smallest absolute Gasteiger partial charge is 0.246 e. The van der Waals surface area contributed by atoms with E-state index in [2.05, 4.69) is 0 Å². The maximum atomic E-state index is 10.7. The number of ether oxygens (including phenoxy) is 1. The summed E-state index contributed by atoms with van der Waals surface area (Å²) >= 11 is 0. The van der Waals surface area contributed by atoms with E-state index in [9.17, 15) is 10.1 Å². The molecule has 0 amide bonds. The monoisotopic (exact) mass is 235 g/mol. The van der Waals surface area contributed by atoms with Crippen LogP contribution in [0.4, 0.5) is 0 Å². The first-order valence-corrected chi connectivity index (χ1v) is 5.64. The Morgan fingerprint density at radius 1 is 1.41 bits per heavy atom. The van der Waals surface area contributed by atoms with Gasteiger partial charge in [0, 0.05) is 12.5 Å². The summed E-state index contributed by atoms with van der Waals surface area (Å²) in [6.45, 7) is 5.68. The molecule has 0 spiro atoms. The van der Waals surface area contributed by atoms with Crippen LogP contribution in [0.5, 0.6) is 5.75 Å². The molecule has 0 aliphatic heterocycles. The van der Waals surface area contributed by atoms with Crippen molar-refractivity contribution in [1.29, 1.82) is 0 Å². The van der Waals surface area contributed by atoms with Gasteiger partial charge < -0.3 is 4.74 Å². The van der Waals surface area contributed by atoms with Gasteiger partial charge >= 0.3 is 0 Å². The maximum absolute atomic E-state index is 10.7. The van der Waals surface area contributed by atoms with Crippen LogP contribution in [0.3, 0.4) is 0 Å². The molecular weight excluding hydrogens is 218 g/mol. The van der Waals surface area contributed by atoms with E-state index in [1.165, 1.54) is 0 Å². The minimum Gasteiger partial charge on any atom is -0.491 e. The first kappa shape index (κ1) is 13.2. The number of rotatable bonds is 5. The van der Waals surface area contributed by atoms with Gasteiger partial charge in [0.05, 0.1) is 11.0 Å². The summed E-state index contributed by atoms with van der Waals surface area (Å²) in [6.07, 6.45) is 2.12. The lowest BCUT2D eigenvalue weighted by molar-refractivity contribution is -0.425. The van der Waals surface area contributed by atoms with Gasteiger partial charge in [-0.25, -0.2) is 0 Å². The van der Waals surface area contributed by atoms with Gasteiger partial charge in [-0.2, -0.15) is 0 Å². The molecule has 0 heterocycles. The van der Waals surface area contributed by atoms with Crippen LogP contribution in [0.1, 0.15) is 32.8 Å². The molecule has 0 fully saturated rings. The SMILES string of the molecule is CC/C(=C\c1ccc(OC(C)C)cc1)[N+](=O)[O-]. The van der Waals surface area contributed by atoms with Crippen molar-refractivity contribution >= 4 is 6.08 Å². The fraction of sp³-hybridized carbons (Fsp3) is 0.385. The molecule has 4 heteroatoms. The average molecular weight is 235 g/mol. The fourth-order valence-corrected chi connectivity index (χ4v) is 1.39.